The number of nitrogens with zero attached hydrogens (tertiary/aromatic N) is 3. The predicted molar refractivity (Wildman–Crippen MR) is 103 cm³/mol. The van der Waals surface area contributed by atoms with Gasteiger partial charge in [0, 0.05) is 19.2 Å². The van der Waals surface area contributed by atoms with Crippen molar-refractivity contribution in [1.82, 2.24) is 20.4 Å². The Morgan fingerprint density at radius 3 is 2.68 bits per heavy atom. The molecule has 7 nitrogen and oxygen atoms in total. The van der Waals surface area contributed by atoms with Crippen molar-refractivity contribution in [3.63, 3.8) is 0 Å². The van der Waals surface area contributed by atoms with Gasteiger partial charge in [0.2, 0.25) is 11.8 Å². The zero-order valence-corrected chi connectivity index (χ0v) is 16.4. The molecular weight excluding hydrogens is 403 g/mol. The highest BCUT2D eigenvalue weighted by molar-refractivity contribution is 6.42. The summed E-state index contributed by atoms with van der Waals surface area (Å²) in [6.07, 6.45) is 3.95. The number of aromatic nitrogens is 3. The SMILES string of the molecule is Cc1nc(C2(NC(=O)c3ccc(Oc4cccc(Cl)c4Cl)nc3)CCC2)no1. The molecule has 4 rings (SSSR count). The van der Waals surface area contributed by atoms with Gasteiger partial charge in [-0.1, -0.05) is 34.4 Å². The standard InChI is InChI=1S/C19H16Cl2N4O3/c1-11-23-18(25-28-11)19(8-3-9-19)24-17(26)12-6-7-15(22-10-12)27-14-5-2-4-13(20)16(14)21/h2,4-7,10H,3,8-9H2,1H3,(H,24,26). The molecule has 0 aliphatic heterocycles. The van der Waals surface area contributed by atoms with Gasteiger partial charge in [-0.2, -0.15) is 4.98 Å². The lowest BCUT2D eigenvalue weighted by atomic mass is 9.76. The number of hydrogen-bond acceptors (Lipinski definition) is 6. The number of amides is 1. The van der Waals surface area contributed by atoms with E-state index in [-0.39, 0.29) is 5.91 Å². The second-order valence-electron chi connectivity index (χ2n) is 6.57. The van der Waals surface area contributed by atoms with Crippen molar-refractivity contribution in [2.24, 2.45) is 0 Å². The minimum Gasteiger partial charge on any atom is -0.437 e. The van der Waals surface area contributed by atoms with Gasteiger partial charge in [0.25, 0.3) is 5.91 Å². The number of carbonyl (C=O) groups is 1. The number of pyridine rings is 1. The third-order valence-electron chi connectivity index (χ3n) is 4.64. The van der Waals surface area contributed by atoms with Crippen LogP contribution in [0.4, 0.5) is 0 Å². The van der Waals surface area contributed by atoms with E-state index in [2.05, 4.69) is 20.4 Å². The molecule has 2 heterocycles. The maximum Gasteiger partial charge on any atom is 0.253 e. The van der Waals surface area contributed by atoms with Gasteiger partial charge in [-0.05, 0) is 37.5 Å². The third kappa shape index (κ3) is 3.55. The van der Waals surface area contributed by atoms with Gasteiger partial charge in [0.05, 0.1) is 10.6 Å². The highest BCUT2D eigenvalue weighted by atomic mass is 35.5. The largest absolute Gasteiger partial charge is 0.437 e. The number of aryl methyl sites for hydroxylation is 1. The van der Waals surface area contributed by atoms with E-state index >= 15 is 0 Å². The van der Waals surface area contributed by atoms with E-state index in [1.165, 1.54) is 6.20 Å². The first-order valence-corrected chi connectivity index (χ1v) is 9.44. The normalized spacial score (nSPS) is 15.0. The Bertz CT molecular complexity index is 1020. The first kappa shape index (κ1) is 18.7. The van der Waals surface area contributed by atoms with E-state index in [9.17, 15) is 4.79 Å². The second-order valence-corrected chi connectivity index (χ2v) is 7.35. The summed E-state index contributed by atoms with van der Waals surface area (Å²) in [5.41, 5.74) is -0.186. The zero-order valence-electron chi connectivity index (χ0n) is 14.9. The van der Waals surface area contributed by atoms with Crippen LogP contribution in [-0.2, 0) is 5.54 Å². The van der Waals surface area contributed by atoms with E-state index in [0.29, 0.717) is 39.0 Å². The van der Waals surface area contributed by atoms with E-state index in [1.54, 1.807) is 37.3 Å². The molecule has 0 unspecified atom stereocenters. The average molecular weight is 419 g/mol. The molecule has 1 aliphatic rings. The molecule has 3 aromatic rings. The lowest BCUT2D eigenvalue weighted by molar-refractivity contribution is 0.0804. The molecule has 144 valence electrons. The van der Waals surface area contributed by atoms with E-state index in [1.807, 2.05) is 0 Å². The van der Waals surface area contributed by atoms with Crippen LogP contribution in [0, 0.1) is 6.92 Å². The molecule has 1 amide bonds. The summed E-state index contributed by atoms with van der Waals surface area (Å²) in [4.78, 5) is 21.1. The molecular formula is C19H16Cl2N4O3. The Balaban J connectivity index is 1.47. The first-order chi connectivity index (χ1) is 13.5. The minimum absolute atomic E-state index is 0.262. The fraction of sp³-hybridized carbons (Fsp3) is 0.263. The topological polar surface area (TPSA) is 90.1 Å². The first-order valence-electron chi connectivity index (χ1n) is 8.68. The van der Waals surface area contributed by atoms with Crippen molar-refractivity contribution in [1.29, 1.82) is 0 Å². The van der Waals surface area contributed by atoms with Crippen molar-refractivity contribution in [2.45, 2.75) is 31.7 Å². The molecule has 1 fully saturated rings. The van der Waals surface area contributed by atoms with Gasteiger partial charge in [-0.15, -0.1) is 0 Å². The van der Waals surface area contributed by atoms with Crippen LogP contribution in [-0.4, -0.2) is 21.0 Å². The van der Waals surface area contributed by atoms with Crippen molar-refractivity contribution in [2.75, 3.05) is 0 Å². The van der Waals surface area contributed by atoms with Gasteiger partial charge < -0.3 is 14.6 Å². The molecule has 9 heteroatoms. The van der Waals surface area contributed by atoms with E-state index in [0.717, 1.165) is 19.3 Å². The van der Waals surface area contributed by atoms with E-state index in [4.69, 9.17) is 32.5 Å². The predicted octanol–water partition coefficient (Wildman–Crippen LogP) is 4.68. The Morgan fingerprint density at radius 2 is 2.07 bits per heavy atom. The van der Waals surface area contributed by atoms with Crippen LogP contribution in [0.25, 0.3) is 0 Å². The molecule has 28 heavy (non-hydrogen) atoms. The molecule has 1 N–H and O–H groups in total. The fourth-order valence-electron chi connectivity index (χ4n) is 2.97. The fourth-order valence-corrected chi connectivity index (χ4v) is 3.30. The van der Waals surface area contributed by atoms with Crippen LogP contribution in [0.5, 0.6) is 11.6 Å². The summed E-state index contributed by atoms with van der Waals surface area (Å²) < 4.78 is 10.7. The summed E-state index contributed by atoms with van der Waals surface area (Å²) in [7, 11) is 0. The van der Waals surface area contributed by atoms with Crippen molar-refractivity contribution < 1.29 is 14.1 Å². The Kier molecular flexibility index (Phi) is 4.95. The number of carbonyl (C=O) groups excluding carboxylic acids is 1. The van der Waals surface area contributed by atoms with Gasteiger partial charge in [0.1, 0.15) is 16.3 Å². The van der Waals surface area contributed by atoms with Crippen LogP contribution < -0.4 is 10.1 Å². The molecule has 1 aromatic carbocycles. The van der Waals surface area contributed by atoms with Gasteiger partial charge >= 0.3 is 0 Å². The van der Waals surface area contributed by atoms with Crippen LogP contribution in [0.15, 0.2) is 41.1 Å². The molecule has 0 radical (unpaired) electrons. The van der Waals surface area contributed by atoms with Crippen LogP contribution in [0.1, 0.15) is 41.3 Å². The third-order valence-corrected chi connectivity index (χ3v) is 5.45. The molecule has 0 atom stereocenters. The lowest BCUT2D eigenvalue weighted by Crippen LogP contribution is -2.51. The van der Waals surface area contributed by atoms with Crippen LogP contribution in [0.2, 0.25) is 10.0 Å². The number of hydrogen-bond donors (Lipinski definition) is 1. The summed E-state index contributed by atoms with van der Waals surface area (Å²) in [5, 5.41) is 7.68. The quantitative estimate of drug-likeness (QED) is 0.646. The molecule has 1 saturated carbocycles. The monoisotopic (exact) mass is 418 g/mol. The number of benzene rings is 1. The maximum atomic E-state index is 12.7. The van der Waals surface area contributed by atoms with E-state index < -0.39 is 5.54 Å². The smallest absolute Gasteiger partial charge is 0.253 e. The summed E-state index contributed by atoms with van der Waals surface area (Å²) >= 11 is 12.1. The maximum absolute atomic E-state index is 12.7. The molecule has 0 bridgehead atoms. The number of rotatable bonds is 5. The molecule has 0 spiro atoms. The molecule has 1 aliphatic carbocycles. The molecule has 2 aromatic heterocycles. The number of nitrogens with one attached hydrogen (secondary N) is 1. The average Bonchev–Trinajstić information content (AvgIpc) is 3.09. The Labute approximate surface area is 171 Å². The van der Waals surface area contributed by atoms with Crippen LogP contribution in [0.3, 0.4) is 0 Å². The summed E-state index contributed by atoms with van der Waals surface area (Å²) in [6, 6.07) is 8.30. The lowest BCUT2D eigenvalue weighted by Gasteiger charge is -2.39. The Morgan fingerprint density at radius 1 is 1.25 bits per heavy atom. The number of halogens is 2. The van der Waals surface area contributed by atoms with Crippen LogP contribution >= 0.6 is 23.2 Å². The molecule has 0 saturated heterocycles. The van der Waals surface area contributed by atoms with Gasteiger partial charge in [0.15, 0.2) is 5.82 Å². The van der Waals surface area contributed by atoms with Gasteiger partial charge in [-0.3, -0.25) is 4.79 Å². The van der Waals surface area contributed by atoms with Crippen molar-refractivity contribution >= 4 is 29.1 Å². The highest BCUT2D eigenvalue weighted by Crippen LogP contribution is 2.40. The summed E-state index contributed by atoms with van der Waals surface area (Å²) in [6.45, 7) is 1.72. The van der Waals surface area contributed by atoms with Crippen molar-refractivity contribution in [3.8, 4) is 11.6 Å². The second kappa shape index (κ2) is 7.41. The highest BCUT2D eigenvalue weighted by Gasteiger charge is 2.44. The minimum atomic E-state index is -0.585. The summed E-state index contributed by atoms with van der Waals surface area (Å²) in [5.74, 6) is 1.40. The Hall–Kier alpha value is -2.64. The zero-order chi connectivity index (χ0) is 19.7. The number of ether oxygens (including phenoxy) is 1. The van der Waals surface area contributed by atoms with Crippen molar-refractivity contribution in [3.05, 3.63) is 63.9 Å². The van der Waals surface area contributed by atoms with Gasteiger partial charge in [-0.25, -0.2) is 4.98 Å².